The minimum absolute atomic E-state index is 0.0893. The number of aryl methyl sites for hydroxylation is 1. The second-order valence-electron chi connectivity index (χ2n) is 8.20. The van der Waals surface area contributed by atoms with Gasteiger partial charge in [0.2, 0.25) is 5.91 Å². The minimum atomic E-state index is -0.409. The van der Waals surface area contributed by atoms with Gasteiger partial charge in [-0.1, -0.05) is 30.7 Å². The number of hydrogen-bond donors (Lipinski definition) is 2. The molecule has 32 heavy (non-hydrogen) atoms. The Hall–Kier alpha value is -3.35. The predicted molar refractivity (Wildman–Crippen MR) is 125 cm³/mol. The maximum absolute atomic E-state index is 12.8. The molecule has 3 amide bonds. The van der Waals surface area contributed by atoms with Crippen LogP contribution in [0.5, 0.6) is 0 Å². The fourth-order valence-corrected chi connectivity index (χ4v) is 3.85. The molecule has 7 nitrogen and oxygen atoms in total. The van der Waals surface area contributed by atoms with Crippen molar-refractivity contribution in [3.05, 3.63) is 59.7 Å². The quantitative estimate of drug-likeness (QED) is 0.642. The normalized spacial score (nSPS) is 15.0. The van der Waals surface area contributed by atoms with Crippen molar-refractivity contribution in [2.75, 3.05) is 30.3 Å². The van der Waals surface area contributed by atoms with Crippen LogP contribution < -0.4 is 10.6 Å². The number of nitrogens with one attached hydrogen (secondary N) is 2. The molecule has 0 spiro atoms. The Labute approximate surface area is 189 Å². The van der Waals surface area contributed by atoms with Crippen LogP contribution in [0.2, 0.25) is 0 Å². The molecule has 2 aromatic rings. The van der Waals surface area contributed by atoms with Gasteiger partial charge in [-0.25, -0.2) is 9.59 Å². The zero-order valence-corrected chi connectivity index (χ0v) is 18.9. The molecule has 0 saturated carbocycles. The molecular formula is C25H31N3O4. The van der Waals surface area contributed by atoms with E-state index in [1.165, 1.54) is 0 Å². The van der Waals surface area contributed by atoms with E-state index < -0.39 is 5.97 Å². The Morgan fingerprint density at radius 1 is 1.03 bits per heavy atom. The summed E-state index contributed by atoms with van der Waals surface area (Å²) in [5.41, 5.74) is 2.90. The summed E-state index contributed by atoms with van der Waals surface area (Å²) < 4.78 is 5.01. The van der Waals surface area contributed by atoms with Gasteiger partial charge in [-0.2, -0.15) is 0 Å². The lowest BCUT2D eigenvalue weighted by Gasteiger charge is -2.34. The van der Waals surface area contributed by atoms with Crippen molar-refractivity contribution in [2.24, 2.45) is 11.8 Å². The fraction of sp³-hybridized carbons (Fsp3) is 0.400. The lowest BCUT2D eigenvalue weighted by Crippen LogP contribution is -2.43. The van der Waals surface area contributed by atoms with Crippen LogP contribution >= 0.6 is 0 Å². The minimum Gasteiger partial charge on any atom is -0.462 e. The molecular weight excluding hydrogens is 406 g/mol. The second kappa shape index (κ2) is 10.8. The number of hydrogen-bond acceptors (Lipinski definition) is 4. The molecule has 7 heteroatoms. The van der Waals surface area contributed by atoms with Crippen molar-refractivity contribution in [3.63, 3.8) is 0 Å². The number of esters is 1. The maximum Gasteiger partial charge on any atom is 0.338 e. The molecule has 1 heterocycles. The topological polar surface area (TPSA) is 87.7 Å². The third-order valence-corrected chi connectivity index (χ3v) is 5.89. The van der Waals surface area contributed by atoms with Crippen molar-refractivity contribution in [1.82, 2.24) is 4.90 Å². The van der Waals surface area contributed by atoms with E-state index in [-0.39, 0.29) is 23.8 Å². The van der Waals surface area contributed by atoms with Crippen molar-refractivity contribution < 1.29 is 19.1 Å². The Morgan fingerprint density at radius 2 is 1.72 bits per heavy atom. The van der Waals surface area contributed by atoms with Crippen LogP contribution in [0, 0.1) is 18.8 Å². The number of urea groups is 1. The van der Waals surface area contributed by atoms with Gasteiger partial charge in [0.1, 0.15) is 0 Å². The lowest BCUT2D eigenvalue weighted by atomic mass is 9.85. The zero-order chi connectivity index (χ0) is 23.1. The Morgan fingerprint density at radius 3 is 2.38 bits per heavy atom. The number of ether oxygens (including phenoxy) is 1. The monoisotopic (exact) mass is 437 g/mol. The summed E-state index contributed by atoms with van der Waals surface area (Å²) >= 11 is 0. The number of likely N-dealkylation sites (tertiary alicyclic amines) is 1. The lowest BCUT2D eigenvalue weighted by molar-refractivity contribution is -0.121. The van der Waals surface area contributed by atoms with E-state index in [0.717, 1.165) is 24.1 Å². The molecule has 0 radical (unpaired) electrons. The zero-order valence-electron chi connectivity index (χ0n) is 18.9. The molecule has 1 fully saturated rings. The maximum atomic E-state index is 12.8. The molecule has 170 valence electrons. The van der Waals surface area contributed by atoms with Gasteiger partial charge in [0.25, 0.3) is 0 Å². The molecule has 0 unspecified atom stereocenters. The molecule has 1 aliphatic heterocycles. The molecule has 2 N–H and O–H groups in total. The average molecular weight is 438 g/mol. The van der Waals surface area contributed by atoms with E-state index in [9.17, 15) is 14.4 Å². The fourth-order valence-electron chi connectivity index (χ4n) is 3.85. The number of carbonyl (C=O) groups excluding carboxylic acids is 3. The van der Waals surface area contributed by atoms with Crippen LogP contribution in [0.25, 0.3) is 0 Å². The van der Waals surface area contributed by atoms with Gasteiger partial charge in [0, 0.05) is 30.4 Å². The van der Waals surface area contributed by atoms with Crippen LogP contribution in [0.1, 0.15) is 42.6 Å². The number of amides is 3. The summed E-state index contributed by atoms with van der Waals surface area (Å²) in [6.07, 6.45) is 1.53. The number of rotatable bonds is 6. The number of nitrogens with zero attached hydrogens (tertiary/aromatic N) is 1. The van der Waals surface area contributed by atoms with E-state index in [1.54, 1.807) is 36.1 Å². The van der Waals surface area contributed by atoms with E-state index >= 15 is 0 Å². The summed E-state index contributed by atoms with van der Waals surface area (Å²) in [5, 5.41) is 5.84. The highest BCUT2D eigenvalue weighted by atomic mass is 16.5. The van der Waals surface area contributed by atoms with Gasteiger partial charge >= 0.3 is 12.0 Å². The largest absolute Gasteiger partial charge is 0.462 e. The smallest absolute Gasteiger partial charge is 0.338 e. The highest BCUT2D eigenvalue weighted by Gasteiger charge is 2.30. The first-order chi connectivity index (χ1) is 15.4. The molecule has 1 saturated heterocycles. The van der Waals surface area contributed by atoms with Crippen LogP contribution in [0.15, 0.2) is 48.5 Å². The van der Waals surface area contributed by atoms with Crippen LogP contribution in [-0.4, -0.2) is 42.5 Å². The molecule has 3 rings (SSSR count). The number of benzene rings is 2. The summed E-state index contributed by atoms with van der Waals surface area (Å²) in [7, 11) is 0. The third-order valence-electron chi connectivity index (χ3n) is 5.89. The van der Waals surface area contributed by atoms with Gasteiger partial charge in [-0.15, -0.1) is 0 Å². The number of piperidine rings is 1. The van der Waals surface area contributed by atoms with Crippen molar-refractivity contribution in [3.8, 4) is 0 Å². The van der Waals surface area contributed by atoms with Gasteiger partial charge in [-0.3, -0.25) is 4.79 Å². The van der Waals surface area contributed by atoms with E-state index in [1.807, 2.05) is 38.1 Å². The van der Waals surface area contributed by atoms with Crippen molar-refractivity contribution in [2.45, 2.75) is 33.6 Å². The highest BCUT2D eigenvalue weighted by Crippen LogP contribution is 2.27. The standard InChI is InChI=1S/C25H31N3O4/c1-4-32-24(30)20-6-5-7-22(16-20)26-23(29)18(3)19-12-14-28(15-13-19)25(31)27-21-10-8-17(2)9-11-21/h5-11,16,18-19H,4,12-15H2,1-3H3,(H,26,29)(H,27,31)/t18-/m0/s1. The van der Waals surface area contributed by atoms with Gasteiger partial charge < -0.3 is 20.3 Å². The third kappa shape index (κ3) is 6.09. The Kier molecular flexibility index (Phi) is 7.87. The second-order valence-corrected chi connectivity index (χ2v) is 8.20. The Balaban J connectivity index is 1.50. The summed E-state index contributed by atoms with van der Waals surface area (Å²) in [6.45, 7) is 7.19. The van der Waals surface area contributed by atoms with Crippen molar-refractivity contribution >= 4 is 29.3 Å². The first-order valence-electron chi connectivity index (χ1n) is 11.1. The van der Waals surface area contributed by atoms with Gasteiger partial charge in [0.05, 0.1) is 12.2 Å². The molecule has 1 aliphatic rings. The average Bonchev–Trinajstić information content (AvgIpc) is 2.80. The van der Waals surface area contributed by atoms with Crippen LogP contribution in [0.4, 0.5) is 16.2 Å². The first-order valence-corrected chi connectivity index (χ1v) is 11.1. The molecule has 2 aromatic carbocycles. The van der Waals surface area contributed by atoms with Crippen LogP contribution in [0.3, 0.4) is 0 Å². The highest BCUT2D eigenvalue weighted by molar-refractivity contribution is 5.95. The first kappa shape index (κ1) is 23.3. The summed E-state index contributed by atoms with van der Waals surface area (Å²) in [6, 6.07) is 14.4. The SMILES string of the molecule is CCOC(=O)c1cccc(NC(=O)[C@@H](C)C2CCN(C(=O)Nc3ccc(C)cc3)CC2)c1. The summed E-state index contributed by atoms with van der Waals surface area (Å²) in [4.78, 5) is 39.0. The van der Waals surface area contributed by atoms with Gasteiger partial charge in [-0.05, 0) is 62.9 Å². The predicted octanol–water partition coefficient (Wildman–Crippen LogP) is 4.69. The van der Waals surface area contributed by atoms with Crippen molar-refractivity contribution in [1.29, 1.82) is 0 Å². The molecule has 0 bridgehead atoms. The number of carbonyl (C=O) groups is 3. The molecule has 0 aliphatic carbocycles. The van der Waals surface area contributed by atoms with E-state index in [4.69, 9.17) is 4.74 Å². The summed E-state index contributed by atoms with van der Waals surface area (Å²) in [5.74, 6) is -0.517. The Bertz CT molecular complexity index is 950. The molecule has 0 aromatic heterocycles. The van der Waals surface area contributed by atoms with E-state index in [0.29, 0.717) is 30.9 Å². The number of anilines is 2. The molecule has 1 atom stereocenters. The van der Waals surface area contributed by atoms with Gasteiger partial charge in [0.15, 0.2) is 0 Å². The van der Waals surface area contributed by atoms with E-state index in [2.05, 4.69) is 10.6 Å². The van der Waals surface area contributed by atoms with Crippen LogP contribution in [-0.2, 0) is 9.53 Å².